The quantitative estimate of drug-likeness (QED) is 0.435. The van der Waals surface area contributed by atoms with Crippen LogP contribution in [0.3, 0.4) is 0 Å². The van der Waals surface area contributed by atoms with E-state index in [-0.39, 0.29) is 5.91 Å². The number of carbonyl (C=O) groups is 1. The van der Waals surface area contributed by atoms with Crippen molar-refractivity contribution in [1.82, 2.24) is 0 Å². The Hall–Kier alpha value is -4.26. The van der Waals surface area contributed by atoms with Crippen molar-refractivity contribution in [3.8, 4) is 28.6 Å². The van der Waals surface area contributed by atoms with E-state index in [0.717, 1.165) is 22.0 Å². The average molecular weight is 444 g/mol. The van der Waals surface area contributed by atoms with Gasteiger partial charge < -0.3 is 23.9 Å². The van der Waals surface area contributed by atoms with E-state index in [1.807, 2.05) is 66.7 Å². The number of anilines is 1. The summed E-state index contributed by atoms with van der Waals surface area (Å²) in [6.07, 6.45) is 0. The van der Waals surface area contributed by atoms with Crippen LogP contribution in [0.4, 0.5) is 11.4 Å². The van der Waals surface area contributed by atoms with Gasteiger partial charge in [0.25, 0.3) is 0 Å². The zero-order chi connectivity index (χ0) is 23.4. The van der Waals surface area contributed by atoms with Crippen LogP contribution in [-0.4, -0.2) is 27.2 Å². The van der Waals surface area contributed by atoms with Crippen LogP contribution in [0.1, 0.15) is 6.92 Å². The third kappa shape index (κ3) is 4.67. The molecule has 0 atom stereocenters. The number of amides is 1. The maximum atomic E-state index is 11.3. The van der Waals surface area contributed by atoms with E-state index >= 15 is 0 Å². The summed E-state index contributed by atoms with van der Waals surface area (Å²) in [5.41, 5.74) is 2.91. The first-order valence-corrected chi connectivity index (χ1v) is 10.3. The van der Waals surface area contributed by atoms with Crippen LogP contribution >= 0.6 is 0 Å². The number of methoxy groups -OCH3 is 3. The van der Waals surface area contributed by atoms with Crippen molar-refractivity contribution in [2.24, 2.45) is 4.99 Å². The highest BCUT2D eigenvalue weighted by Crippen LogP contribution is 2.41. The maximum Gasteiger partial charge on any atom is 0.221 e. The number of nitrogens with zero attached hydrogens (tertiary/aromatic N) is 1. The highest BCUT2D eigenvalue weighted by molar-refractivity contribution is 5.88. The molecule has 4 rings (SSSR count). The Bertz CT molecular complexity index is 1350. The van der Waals surface area contributed by atoms with E-state index in [2.05, 4.69) is 5.32 Å². The number of nitrogens with one attached hydrogen (secondary N) is 1. The standard InChI is InChI=1S/C26H24N2O5/c1-16(29)27-18-9-11-19(12-10-18)28-21-15-23(33-22-8-6-5-7-20(21)22)17-13-24(30-2)26(32-4)25(14-17)31-3/h5-15H,1-4H3,(H,27,29). The van der Waals surface area contributed by atoms with E-state index in [1.54, 1.807) is 21.3 Å². The van der Waals surface area contributed by atoms with E-state index in [0.29, 0.717) is 34.3 Å². The molecule has 7 heteroatoms. The second kappa shape index (κ2) is 9.48. The molecule has 0 bridgehead atoms. The molecule has 4 aromatic rings. The Labute approximate surface area is 191 Å². The van der Waals surface area contributed by atoms with Crippen molar-refractivity contribution in [1.29, 1.82) is 0 Å². The van der Waals surface area contributed by atoms with Gasteiger partial charge >= 0.3 is 0 Å². The summed E-state index contributed by atoms with van der Waals surface area (Å²) < 4.78 is 22.6. The maximum absolute atomic E-state index is 11.3. The van der Waals surface area contributed by atoms with Gasteiger partial charge in [-0.1, -0.05) is 12.1 Å². The SMILES string of the molecule is COc1cc(-c2cc(=Nc3ccc(NC(C)=O)cc3)c3ccccc3o2)cc(OC)c1OC. The van der Waals surface area contributed by atoms with E-state index < -0.39 is 0 Å². The highest BCUT2D eigenvalue weighted by atomic mass is 16.5. The fourth-order valence-corrected chi connectivity index (χ4v) is 3.54. The molecule has 33 heavy (non-hydrogen) atoms. The van der Waals surface area contributed by atoms with Crippen molar-refractivity contribution >= 4 is 28.3 Å². The second-order valence-electron chi connectivity index (χ2n) is 7.25. The second-order valence-corrected chi connectivity index (χ2v) is 7.25. The van der Waals surface area contributed by atoms with Crippen LogP contribution in [0.15, 0.2) is 76.1 Å². The van der Waals surface area contributed by atoms with Crippen LogP contribution < -0.4 is 24.9 Å². The lowest BCUT2D eigenvalue weighted by Crippen LogP contribution is -2.05. The lowest BCUT2D eigenvalue weighted by atomic mass is 10.1. The van der Waals surface area contributed by atoms with Gasteiger partial charge in [-0.05, 0) is 48.5 Å². The number of hydrogen-bond donors (Lipinski definition) is 1. The number of rotatable bonds is 6. The van der Waals surface area contributed by atoms with E-state index in [9.17, 15) is 4.79 Å². The van der Waals surface area contributed by atoms with Crippen LogP contribution in [0.2, 0.25) is 0 Å². The van der Waals surface area contributed by atoms with Gasteiger partial charge in [0.1, 0.15) is 11.3 Å². The molecule has 0 aliphatic carbocycles. The summed E-state index contributed by atoms with van der Waals surface area (Å²) in [5, 5.41) is 4.38. The molecule has 7 nitrogen and oxygen atoms in total. The van der Waals surface area contributed by atoms with Crippen molar-refractivity contribution < 1.29 is 23.4 Å². The third-order valence-corrected chi connectivity index (χ3v) is 5.04. The van der Waals surface area contributed by atoms with Gasteiger partial charge in [-0.25, -0.2) is 4.99 Å². The molecule has 0 unspecified atom stereocenters. The summed E-state index contributed by atoms with van der Waals surface area (Å²) in [5.74, 6) is 2.05. The lowest BCUT2D eigenvalue weighted by molar-refractivity contribution is -0.114. The lowest BCUT2D eigenvalue weighted by Gasteiger charge is -2.14. The normalized spacial score (nSPS) is 11.3. The summed E-state index contributed by atoms with van der Waals surface area (Å²) in [4.78, 5) is 16.1. The van der Waals surface area contributed by atoms with Gasteiger partial charge in [0, 0.05) is 29.6 Å². The molecule has 168 valence electrons. The van der Waals surface area contributed by atoms with Gasteiger partial charge in [-0.3, -0.25) is 4.79 Å². The van der Waals surface area contributed by atoms with Gasteiger partial charge in [0.05, 0.1) is 32.4 Å². The van der Waals surface area contributed by atoms with Crippen LogP contribution in [0, 0.1) is 0 Å². The molecule has 0 aliphatic rings. The summed E-state index contributed by atoms with van der Waals surface area (Å²) >= 11 is 0. The van der Waals surface area contributed by atoms with E-state index in [1.165, 1.54) is 6.92 Å². The first-order chi connectivity index (χ1) is 16.0. The minimum absolute atomic E-state index is 0.120. The number of ether oxygens (including phenoxy) is 3. The number of carbonyl (C=O) groups excluding carboxylic acids is 1. The van der Waals surface area contributed by atoms with Crippen molar-refractivity contribution in [3.05, 3.63) is 72.1 Å². The number of hydrogen-bond acceptors (Lipinski definition) is 6. The van der Waals surface area contributed by atoms with Crippen molar-refractivity contribution in [2.45, 2.75) is 6.92 Å². The minimum atomic E-state index is -0.120. The number of fused-ring (bicyclic) bond motifs is 1. The molecule has 1 heterocycles. The molecule has 0 spiro atoms. The molecule has 3 aromatic carbocycles. The fourth-order valence-electron chi connectivity index (χ4n) is 3.54. The van der Waals surface area contributed by atoms with E-state index in [4.69, 9.17) is 23.6 Å². The zero-order valence-corrected chi connectivity index (χ0v) is 18.8. The molecule has 0 saturated heterocycles. The van der Waals surface area contributed by atoms with Gasteiger partial charge in [-0.15, -0.1) is 0 Å². The Kier molecular flexibility index (Phi) is 6.31. The number of para-hydroxylation sites is 1. The summed E-state index contributed by atoms with van der Waals surface area (Å²) in [6, 6.07) is 20.6. The Balaban J connectivity index is 1.88. The molecule has 0 fully saturated rings. The smallest absolute Gasteiger partial charge is 0.221 e. The Morgan fingerprint density at radius 3 is 2.15 bits per heavy atom. The molecule has 1 aromatic heterocycles. The average Bonchev–Trinajstić information content (AvgIpc) is 2.83. The Morgan fingerprint density at radius 1 is 0.879 bits per heavy atom. The van der Waals surface area contributed by atoms with Gasteiger partial charge in [0.2, 0.25) is 11.7 Å². The van der Waals surface area contributed by atoms with Crippen molar-refractivity contribution in [2.75, 3.05) is 26.6 Å². The molecule has 1 amide bonds. The van der Waals surface area contributed by atoms with Crippen LogP contribution in [0.5, 0.6) is 17.2 Å². The van der Waals surface area contributed by atoms with Crippen molar-refractivity contribution in [3.63, 3.8) is 0 Å². The summed E-state index contributed by atoms with van der Waals surface area (Å²) in [6.45, 7) is 1.47. The highest BCUT2D eigenvalue weighted by Gasteiger charge is 2.16. The number of benzene rings is 3. The van der Waals surface area contributed by atoms with Gasteiger partial charge in [-0.2, -0.15) is 0 Å². The monoisotopic (exact) mass is 444 g/mol. The molecular formula is C26H24N2O5. The topological polar surface area (TPSA) is 82.3 Å². The van der Waals surface area contributed by atoms with Crippen LogP contribution in [0.25, 0.3) is 22.3 Å². The Morgan fingerprint density at radius 2 is 1.55 bits per heavy atom. The largest absolute Gasteiger partial charge is 0.493 e. The summed E-state index contributed by atoms with van der Waals surface area (Å²) in [7, 11) is 4.71. The predicted molar refractivity (Wildman–Crippen MR) is 127 cm³/mol. The molecule has 0 saturated carbocycles. The molecule has 0 radical (unpaired) electrons. The first kappa shape index (κ1) is 22.0. The van der Waals surface area contributed by atoms with Gasteiger partial charge in [0.15, 0.2) is 11.5 Å². The van der Waals surface area contributed by atoms with Crippen LogP contribution in [-0.2, 0) is 4.79 Å². The zero-order valence-electron chi connectivity index (χ0n) is 18.8. The predicted octanol–water partition coefficient (Wildman–Crippen LogP) is 5.32. The first-order valence-electron chi connectivity index (χ1n) is 10.3. The molecular weight excluding hydrogens is 420 g/mol. The third-order valence-electron chi connectivity index (χ3n) is 5.04. The molecule has 1 N–H and O–H groups in total. The minimum Gasteiger partial charge on any atom is -0.493 e. The molecule has 0 aliphatic heterocycles. The fraction of sp³-hybridized carbons (Fsp3) is 0.154.